The molecule has 15 heavy (non-hydrogen) atoms. The van der Waals surface area contributed by atoms with E-state index in [-0.39, 0.29) is 17.6 Å². The van der Waals surface area contributed by atoms with Crippen LogP contribution in [0.25, 0.3) is 0 Å². The van der Waals surface area contributed by atoms with Crippen LogP contribution in [-0.4, -0.2) is 11.7 Å². The molecule has 78 valence electrons. The Bertz CT molecular complexity index is 425. The van der Waals surface area contributed by atoms with E-state index in [0.717, 1.165) is 11.3 Å². The van der Waals surface area contributed by atoms with Crippen LogP contribution in [0, 0.1) is 5.92 Å². The molecule has 0 spiro atoms. The minimum Gasteiger partial charge on any atom is -0.325 e. The van der Waals surface area contributed by atoms with Gasteiger partial charge in [0.15, 0.2) is 0 Å². The second-order valence-corrected chi connectivity index (χ2v) is 3.95. The van der Waals surface area contributed by atoms with Crippen molar-refractivity contribution in [3.05, 3.63) is 29.8 Å². The van der Waals surface area contributed by atoms with Crippen molar-refractivity contribution >= 4 is 17.4 Å². The molecule has 0 aliphatic carbocycles. The number of anilines is 1. The predicted octanol–water partition coefficient (Wildman–Crippen LogP) is 1.95. The molecule has 0 saturated heterocycles. The predicted molar refractivity (Wildman–Crippen MR) is 57.7 cm³/mol. The van der Waals surface area contributed by atoms with E-state index in [1.54, 1.807) is 0 Å². The van der Waals surface area contributed by atoms with Gasteiger partial charge in [0.25, 0.3) is 0 Å². The maximum absolute atomic E-state index is 11.7. The van der Waals surface area contributed by atoms with Gasteiger partial charge in [0.05, 0.1) is 0 Å². The standard InChI is InChI=1S/C12H13NO2/c1-7-9-5-3-4-6-10(9)13-12(15)11(7)8(2)14/h3-7,11H,1-2H3,(H,13,15)/t7-,11+/m1/s1. The fraction of sp³-hybridized carbons (Fsp3) is 0.333. The Labute approximate surface area is 88.5 Å². The van der Waals surface area contributed by atoms with Crippen molar-refractivity contribution in [3.63, 3.8) is 0 Å². The second-order valence-electron chi connectivity index (χ2n) is 3.95. The Hall–Kier alpha value is -1.64. The number of hydrogen-bond donors (Lipinski definition) is 1. The first-order chi connectivity index (χ1) is 7.11. The highest BCUT2D eigenvalue weighted by Gasteiger charge is 2.35. The maximum Gasteiger partial charge on any atom is 0.235 e. The summed E-state index contributed by atoms with van der Waals surface area (Å²) < 4.78 is 0. The Kier molecular flexibility index (Phi) is 2.31. The molecule has 3 nitrogen and oxygen atoms in total. The van der Waals surface area contributed by atoms with Gasteiger partial charge in [-0.1, -0.05) is 25.1 Å². The fourth-order valence-corrected chi connectivity index (χ4v) is 2.16. The quantitative estimate of drug-likeness (QED) is 0.709. The highest BCUT2D eigenvalue weighted by atomic mass is 16.2. The van der Waals surface area contributed by atoms with E-state index in [0.29, 0.717) is 0 Å². The van der Waals surface area contributed by atoms with Crippen LogP contribution in [-0.2, 0) is 9.59 Å². The monoisotopic (exact) mass is 203 g/mol. The van der Waals surface area contributed by atoms with E-state index in [2.05, 4.69) is 5.32 Å². The number of hydrogen-bond acceptors (Lipinski definition) is 2. The average molecular weight is 203 g/mol. The topological polar surface area (TPSA) is 46.2 Å². The summed E-state index contributed by atoms with van der Waals surface area (Å²) in [5.41, 5.74) is 1.87. The largest absolute Gasteiger partial charge is 0.325 e. The van der Waals surface area contributed by atoms with Crippen LogP contribution in [0.2, 0.25) is 0 Å². The molecule has 2 atom stereocenters. The van der Waals surface area contributed by atoms with Crippen LogP contribution < -0.4 is 5.32 Å². The van der Waals surface area contributed by atoms with Gasteiger partial charge in [-0.3, -0.25) is 9.59 Å². The van der Waals surface area contributed by atoms with Crippen molar-refractivity contribution in [2.75, 3.05) is 5.32 Å². The maximum atomic E-state index is 11.7. The number of benzene rings is 1. The van der Waals surface area contributed by atoms with Gasteiger partial charge in [-0.05, 0) is 18.6 Å². The van der Waals surface area contributed by atoms with E-state index in [1.165, 1.54) is 6.92 Å². The van der Waals surface area contributed by atoms with Gasteiger partial charge in [0, 0.05) is 11.6 Å². The van der Waals surface area contributed by atoms with Crippen LogP contribution >= 0.6 is 0 Å². The molecule has 0 aromatic heterocycles. The van der Waals surface area contributed by atoms with Crippen LogP contribution in [0.15, 0.2) is 24.3 Å². The van der Waals surface area contributed by atoms with Gasteiger partial charge in [-0.15, -0.1) is 0 Å². The molecule has 1 aromatic carbocycles. The van der Waals surface area contributed by atoms with Crippen LogP contribution in [0.4, 0.5) is 5.69 Å². The average Bonchev–Trinajstić information content (AvgIpc) is 2.17. The molecule has 3 heteroatoms. The fourth-order valence-electron chi connectivity index (χ4n) is 2.16. The number of carbonyl (C=O) groups excluding carboxylic acids is 2. The summed E-state index contributed by atoms with van der Waals surface area (Å²) >= 11 is 0. The summed E-state index contributed by atoms with van der Waals surface area (Å²) in [6.07, 6.45) is 0. The lowest BCUT2D eigenvalue weighted by atomic mass is 9.81. The molecule has 1 heterocycles. The van der Waals surface area contributed by atoms with E-state index in [4.69, 9.17) is 0 Å². The minimum atomic E-state index is -0.542. The third-order valence-corrected chi connectivity index (χ3v) is 2.93. The highest BCUT2D eigenvalue weighted by Crippen LogP contribution is 2.35. The summed E-state index contributed by atoms with van der Waals surface area (Å²) in [4.78, 5) is 23.0. The number of para-hydroxylation sites is 1. The van der Waals surface area contributed by atoms with Gasteiger partial charge < -0.3 is 5.32 Å². The number of nitrogens with one attached hydrogen (secondary N) is 1. The van der Waals surface area contributed by atoms with Crippen LogP contribution in [0.3, 0.4) is 0 Å². The SMILES string of the molecule is CC(=O)[C@H]1C(=O)Nc2ccccc2[C@H]1C. The lowest BCUT2D eigenvalue weighted by molar-refractivity contribution is -0.130. The van der Waals surface area contributed by atoms with E-state index < -0.39 is 5.92 Å². The van der Waals surface area contributed by atoms with E-state index >= 15 is 0 Å². The van der Waals surface area contributed by atoms with Crippen molar-refractivity contribution in [1.29, 1.82) is 0 Å². The Morgan fingerprint density at radius 2 is 2.00 bits per heavy atom. The Balaban J connectivity index is 2.47. The molecule has 1 N–H and O–H groups in total. The number of carbonyl (C=O) groups is 2. The number of amides is 1. The summed E-state index contributed by atoms with van der Waals surface area (Å²) in [5.74, 6) is -0.837. The second kappa shape index (κ2) is 3.50. The minimum absolute atomic E-state index is 0.0348. The lowest BCUT2D eigenvalue weighted by Gasteiger charge is -2.28. The number of ketones is 1. The molecule has 0 radical (unpaired) electrons. The Morgan fingerprint density at radius 3 is 2.67 bits per heavy atom. The van der Waals surface area contributed by atoms with E-state index in [9.17, 15) is 9.59 Å². The summed E-state index contributed by atoms with van der Waals surface area (Å²) in [7, 11) is 0. The molecule has 0 bridgehead atoms. The number of Topliss-reactive ketones (excluding diaryl/α,β-unsaturated/α-hetero) is 1. The van der Waals surface area contributed by atoms with Crippen molar-refractivity contribution in [1.82, 2.24) is 0 Å². The van der Waals surface area contributed by atoms with E-state index in [1.807, 2.05) is 31.2 Å². The molecular weight excluding hydrogens is 190 g/mol. The summed E-state index contributed by atoms with van der Waals surface area (Å²) in [6, 6.07) is 7.61. The molecule has 2 rings (SSSR count). The van der Waals surface area contributed by atoms with Gasteiger partial charge >= 0.3 is 0 Å². The van der Waals surface area contributed by atoms with Gasteiger partial charge in [-0.25, -0.2) is 0 Å². The molecule has 1 aliphatic rings. The first-order valence-corrected chi connectivity index (χ1v) is 5.01. The first-order valence-electron chi connectivity index (χ1n) is 5.01. The molecular formula is C12H13NO2. The third kappa shape index (κ3) is 1.54. The molecule has 0 unspecified atom stereocenters. The number of rotatable bonds is 1. The zero-order chi connectivity index (χ0) is 11.0. The third-order valence-electron chi connectivity index (χ3n) is 2.93. The first kappa shape index (κ1) is 9.90. The smallest absolute Gasteiger partial charge is 0.235 e. The molecule has 1 aliphatic heterocycles. The molecule has 0 fully saturated rings. The van der Waals surface area contributed by atoms with Gasteiger partial charge in [0.1, 0.15) is 11.7 Å². The Morgan fingerprint density at radius 1 is 1.33 bits per heavy atom. The van der Waals surface area contributed by atoms with Gasteiger partial charge in [-0.2, -0.15) is 0 Å². The van der Waals surface area contributed by atoms with Crippen molar-refractivity contribution in [2.45, 2.75) is 19.8 Å². The normalized spacial score (nSPS) is 24.3. The summed E-state index contributed by atoms with van der Waals surface area (Å²) in [5, 5.41) is 2.76. The van der Waals surface area contributed by atoms with Crippen molar-refractivity contribution < 1.29 is 9.59 Å². The van der Waals surface area contributed by atoms with Crippen LogP contribution in [0.5, 0.6) is 0 Å². The molecule has 0 saturated carbocycles. The van der Waals surface area contributed by atoms with Crippen molar-refractivity contribution in [2.24, 2.45) is 5.92 Å². The zero-order valence-corrected chi connectivity index (χ0v) is 8.78. The number of fused-ring (bicyclic) bond motifs is 1. The highest BCUT2D eigenvalue weighted by molar-refractivity contribution is 6.09. The zero-order valence-electron chi connectivity index (χ0n) is 8.78. The van der Waals surface area contributed by atoms with Gasteiger partial charge in [0.2, 0.25) is 5.91 Å². The van der Waals surface area contributed by atoms with Crippen LogP contribution in [0.1, 0.15) is 25.3 Å². The molecule has 1 amide bonds. The van der Waals surface area contributed by atoms with Crippen molar-refractivity contribution in [3.8, 4) is 0 Å². The lowest BCUT2D eigenvalue weighted by Crippen LogP contribution is -2.36. The molecule has 1 aromatic rings. The summed E-state index contributed by atoms with van der Waals surface area (Å²) in [6.45, 7) is 3.39.